The summed E-state index contributed by atoms with van der Waals surface area (Å²) < 4.78 is 10.5. The Morgan fingerprint density at radius 3 is 2.32 bits per heavy atom. The Morgan fingerprint density at radius 1 is 1.04 bits per heavy atom. The number of methoxy groups -OCH3 is 2. The Labute approximate surface area is 181 Å². The van der Waals surface area contributed by atoms with E-state index >= 15 is 0 Å². The standard InChI is InChI=1S/C19H14Cl3NO4S/c1-26-15-7-10(6-14(22)17(15)27-2)8-16-18(24)23(19(25)28-16)9-11-12(20)4-3-5-13(11)21/h3-8H,9H2,1-2H3/b16-8-. The van der Waals surface area contributed by atoms with Crippen LogP contribution in [0.4, 0.5) is 4.79 Å². The predicted molar refractivity (Wildman–Crippen MR) is 113 cm³/mol. The van der Waals surface area contributed by atoms with Gasteiger partial charge in [0.2, 0.25) is 0 Å². The molecule has 0 spiro atoms. The van der Waals surface area contributed by atoms with Gasteiger partial charge < -0.3 is 9.47 Å². The van der Waals surface area contributed by atoms with Crippen molar-refractivity contribution in [2.45, 2.75) is 6.54 Å². The molecule has 1 saturated heterocycles. The molecule has 1 aliphatic rings. The van der Waals surface area contributed by atoms with E-state index in [2.05, 4.69) is 0 Å². The van der Waals surface area contributed by atoms with Crippen LogP contribution < -0.4 is 9.47 Å². The van der Waals surface area contributed by atoms with Gasteiger partial charge in [-0.1, -0.05) is 40.9 Å². The van der Waals surface area contributed by atoms with Crippen LogP contribution in [0.3, 0.4) is 0 Å². The lowest BCUT2D eigenvalue weighted by Crippen LogP contribution is -2.27. The minimum Gasteiger partial charge on any atom is -0.493 e. The number of carbonyl (C=O) groups is 2. The topological polar surface area (TPSA) is 55.8 Å². The molecule has 1 aliphatic heterocycles. The first-order chi connectivity index (χ1) is 13.3. The highest BCUT2D eigenvalue weighted by molar-refractivity contribution is 8.18. The molecule has 0 N–H and O–H groups in total. The molecule has 0 aromatic heterocycles. The minimum atomic E-state index is -0.433. The first kappa shape index (κ1) is 20.9. The van der Waals surface area contributed by atoms with Gasteiger partial charge in [0.15, 0.2) is 11.5 Å². The molecule has 2 amide bonds. The van der Waals surface area contributed by atoms with E-state index in [1.807, 2.05) is 0 Å². The van der Waals surface area contributed by atoms with Crippen LogP contribution in [0.2, 0.25) is 15.1 Å². The minimum absolute atomic E-state index is 0.00674. The molecule has 0 aliphatic carbocycles. The fourth-order valence-corrected chi connectivity index (χ4v) is 4.30. The summed E-state index contributed by atoms with van der Waals surface area (Å²) in [7, 11) is 2.97. The molecule has 0 unspecified atom stereocenters. The monoisotopic (exact) mass is 457 g/mol. The summed E-state index contributed by atoms with van der Waals surface area (Å²) in [6.45, 7) is -0.00674. The zero-order chi connectivity index (χ0) is 20.4. The summed E-state index contributed by atoms with van der Waals surface area (Å²) in [5.41, 5.74) is 1.12. The first-order valence-corrected chi connectivity index (χ1v) is 9.90. The van der Waals surface area contributed by atoms with E-state index in [1.165, 1.54) is 14.2 Å². The number of carbonyl (C=O) groups excluding carboxylic acids is 2. The maximum atomic E-state index is 12.8. The van der Waals surface area contributed by atoms with E-state index in [0.29, 0.717) is 37.7 Å². The number of nitrogens with zero attached hydrogens (tertiary/aromatic N) is 1. The van der Waals surface area contributed by atoms with Crippen molar-refractivity contribution in [1.29, 1.82) is 0 Å². The van der Waals surface area contributed by atoms with Crippen molar-refractivity contribution in [3.63, 3.8) is 0 Å². The van der Waals surface area contributed by atoms with Gasteiger partial charge in [0.1, 0.15) is 0 Å². The van der Waals surface area contributed by atoms with Gasteiger partial charge in [0, 0.05) is 15.6 Å². The molecular formula is C19H14Cl3NO4S. The predicted octanol–water partition coefficient (Wildman–Crippen LogP) is 5.90. The van der Waals surface area contributed by atoms with Crippen molar-refractivity contribution in [3.05, 3.63) is 61.4 Å². The summed E-state index contributed by atoms with van der Waals surface area (Å²) in [5, 5.41) is 0.707. The Bertz CT molecular complexity index is 973. The lowest BCUT2D eigenvalue weighted by molar-refractivity contribution is -0.123. The van der Waals surface area contributed by atoms with Gasteiger partial charge in [-0.05, 0) is 47.7 Å². The summed E-state index contributed by atoms with van der Waals surface area (Å²) in [4.78, 5) is 26.5. The Balaban J connectivity index is 1.90. The number of benzene rings is 2. The molecule has 146 valence electrons. The number of hydrogen-bond acceptors (Lipinski definition) is 5. The third-order valence-electron chi connectivity index (χ3n) is 4.01. The molecule has 0 bridgehead atoms. The van der Waals surface area contributed by atoms with E-state index in [4.69, 9.17) is 44.3 Å². The average molecular weight is 459 g/mol. The van der Waals surface area contributed by atoms with Crippen LogP contribution in [-0.4, -0.2) is 30.3 Å². The third-order valence-corrected chi connectivity index (χ3v) is 5.90. The molecule has 0 atom stereocenters. The fraction of sp³-hybridized carbons (Fsp3) is 0.158. The van der Waals surface area contributed by atoms with Crippen LogP contribution in [-0.2, 0) is 11.3 Å². The molecule has 0 radical (unpaired) electrons. The Hall–Kier alpha value is -1.86. The summed E-state index contributed by atoms with van der Waals surface area (Å²) in [5.74, 6) is 0.378. The summed E-state index contributed by atoms with van der Waals surface area (Å²) >= 11 is 19.3. The van der Waals surface area contributed by atoms with Crippen LogP contribution in [0.5, 0.6) is 11.5 Å². The molecule has 2 aromatic rings. The highest BCUT2D eigenvalue weighted by Crippen LogP contribution is 2.39. The number of hydrogen-bond donors (Lipinski definition) is 0. The molecule has 5 nitrogen and oxygen atoms in total. The quantitative estimate of drug-likeness (QED) is 0.522. The number of halogens is 3. The molecule has 28 heavy (non-hydrogen) atoms. The molecule has 0 saturated carbocycles. The maximum absolute atomic E-state index is 12.8. The van der Waals surface area contributed by atoms with Gasteiger partial charge in [0.25, 0.3) is 11.1 Å². The van der Waals surface area contributed by atoms with Crippen LogP contribution in [0.1, 0.15) is 11.1 Å². The van der Waals surface area contributed by atoms with Crippen LogP contribution >= 0.6 is 46.6 Å². The summed E-state index contributed by atoms with van der Waals surface area (Å²) in [6.07, 6.45) is 1.58. The van der Waals surface area contributed by atoms with Crippen LogP contribution in [0, 0.1) is 0 Å². The lowest BCUT2D eigenvalue weighted by atomic mass is 10.1. The number of rotatable bonds is 5. The molecule has 9 heteroatoms. The number of ether oxygens (including phenoxy) is 2. The smallest absolute Gasteiger partial charge is 0.293 e. The van der Waals surface area contributed by atoms with Gasteiger partial charge in [-0.3, -0.25) is 14.5 Å². The maximum Gasteiger partial charge on any atom is 0.293 e. The molecule has 1 heterocycles. The number of thioether (sulfide) groups is 1. The summed E-state index contributed by atoms with van der Waals surface area (Å²) in [6, 6.07) is 8.31. The van der Waals surface area contributed by atoms with Crippen molar-refractivity contribution < 1.29 is 19.1 Å². The SMILES string of the molecule is COc1cc(/C=C2\SC(=O)N(Cc3c(Cl)cccc3Cl)C2=O)cc(Cl)c1OC. The Kier molecular flexibility index (Phi) is 6.45. The fourth-order valence-electron chi connectivity index (χ4n) is 2.65. The van der Waals surface area contributed by atoms with Crippen LogP contribution in [0.15, 0.2) is 35.2 Å². The number of amides is 2. The Morgan fingerprint density at radius 2 is 1.71 bits per heavy atom. The van der Waals surface area contributed by atoms with Gasteiger partial charge in [-0.25, -0.2) is 0 Å². The van der Waals surface area contributed by atoms with Gasteiger partial charge in [-0.15, -0.1) is 0 Å². The van der Waals surface area contributed by atoms with Gasteiger partial charge in [0.05, 0.1) is 30.7 Å². The van der Waals surface area contributed by atoms with Crippen LogP contribution in [0.25, 0.3) is 6.08 Å². The second-order valence-corrected chi connectivity index (χ2v) is 7.92. The zero-order valence-electron chi connectivity index (χ0n) is 14.8. The lowest BCUT2D eigenvalue weighted by Gasteiger charge is -2.14. The highest BCUT2D eigenvalue weighted by Gasteiger charge is 2.35. The molecule has 2 aromatic carbocycles. The van der Waals surface area contributed by atoms with E-state index < -0.39 is 11.1 Å². The van der Waals surface area contributed by atoms with E-state index in [-0.39, 0.29) is 11.4 Å². The highest BCUT2D eigenvalue weighted by atomic mass is 35.5. The van der Waals surface area contributed by atoms with Crippen molar-refractivity contribution in [2.24, 2.45) is 0 Å². The molecular weight excluding hydrogens is 445 g/mol. The first-order valence-electron chi connectivity index (χ1n) is 7.95. The van der Waals surface area contributed by atoms with E-state index in [1.54, 1.807) is 36.4 Å². The van der Waals surface area contributed by atoms with Crippen molar-refractivity contribution in [3.8, 4) is 11.5 Å². The second kappa shape index (κ2) is 8.66. The van der Waals surface area contributed by atoms with Gasteiger partial charge in [-0.2, -0.15) is 0 Å². The van der Waals surface area contributed by atoms with E-state index in [0.717, 1.165) is 16.7 Å². The van der Waals surface area contributed by atoms with Gasteiger partial charge >= 0.3 is 0 Å². The number of imide groups is 1. The normalized spacial score (nSPS) is 15.5. The zero-order valence-corrected chi connectivity index (χ0v) is 17.9. The molecule has 3 rings (SSSR count). The van der Waals surface area contributed by atoms with E-state index in [9.17, 15) is 9.59 Å². The van der Waals surface area contributed by atoms with Crippen molar-refractivity contribution >= 4 is 63.8 Å². The second-order valence-electron chi connectivity index (χ2n) is 5.71. The largest absolute Gasteiger partial charge is 0.493 e. The third kappa shape index (κ3) is 4.10. The van der Waals surface area contributed by atoms with Crippen molar-refractivity contribution in [2.75, 3.05) is 14.2 Å². The molecule has 1 fully saturated rings. The van der Waals surface area contributed by atoms with Crippen molar-refractivity contribution in [1.82, 2.24) is 4.90 Å². The average Bonchev–Trinajstić information content (AvgIpc) is 2.91.